The first kappa shape index (κ1) is 13.9. The van der Waals surface area contributed by atoms with E-state index in [9.17, 15) is 0 Å². The molecule has 2 aliphatic rings. The third-order valence-electron chi connectivity index (χ3n) is 5.52. The molecule has 0 aromatic carbocycles. The molecule has 0 N–H and O–H groups in total. The number of likely N-dealkylation sites (N-methyl/N-ethyl adjacent to an activating group) is 1. The van der Waals surface area contributed by atoms with Crippen molar-refractivity contribution in [2.24, 2.45) is 0 Å². The molecule has 0 spiro atoms. The molecule has 1 saturated heterocycles. The summed E-state index contributed by atoms with van der Waals surface area (Å²) in [6.45, 7) is 2.27. The molecule has 0 unspecified atom stereocenters. The van der Waals surface area contributed by atoms with E-state index in [2.05, 4.69) is 32.9 Å². The van der Waals surface area contributed by atoms with Gasteiger partial charge in [0, 0.05) is 25.0 Å². The van der Waals surface area contributed by atoms with Crippen molar-refractivity contribution in [1.29, 1.82) is 0 Å². The molecule has 2 fully saturated rings. The van der Waals surface area contributed by atoms with Crippen molar-refractivity contribution < 1.29 is 0 Å². The second-order valence-electron chi connectivity index (χ2n) is 7.18. The molecular formula is C18H22N4S. The van der Waals surface area contributed by atoms with Crippen molar-refractivity contribution >= 4 is 32.6 Å². The molecule has 120 valence electrons. The largest absolute Gasteiger partial charge is 0.323 e. The highest BCUT2D eigenvalue weighted by Gasteiger charge is 2.33. The molecule has 1 saturated carbocycles. The Morgan fingerprint density at radius 2 is 1.96 bits per heavy atom. The van der Waals surface area contributed by atoms with Crippen LogP contribution in [0, 0.1) is 0 Å². The van der Waals surface area contributed by atoms with Crippen LogP contribution in [-0.2, 0) is 0 Å². The van der Waals surface area contributed by atoms with E-state index in [1.54, 1.807) is 0 Å². The monoisotopic (exact) mass is 326 g/mol. The van der Waals surface area contributed by atoms with Gasteiger partial charge >= 0.3 is 0 Å². The van der Waals surface area contributed by atoms with Crippen LogP contribution in [0.15, 0.2) is 17.6 Å². The van der Waals surface area contributed by atoms with Gasteiger partial charge < -0.3 is 9.47 Å². The second-order valence-corrected chi connectivity index (χ2v) is 8.09. The number of thiophene rings is 1. The SMILES string of the molecule is CN1CC(c2nc3cnc4ccsc4c3n2C2CCCCC2)C1. The standard InChI is InChI=1S/C18H22N4S/c1-21-10-12(11-21)18-20-15-9-19-14-7-8-23-17(14)16(15)22(18)13-5-3-2-4-6-13/h7-9,12-13H,2-6,10-11H2,1H3. The third kappa shape index (κ3) is 2.13. The van der Waals surface area contributed by atoms with Crippen molar-refractivity contribution in [3.05, 3.63) is 23.5 Å². The third-order valence-corrected chi connectivity index (χ3v) is 6.43. The zero-order valence-electron chi connectivity index (χ0n) is 13.5. The number of rotatable bonds is 2. The van der Waals surface area contributed by atoms with Gasteiger partial charge in [-0.15, -0.1) is 11.3 Å². The van der Waals surface area contributed by atoms with Crippen LogP contribution >= 0.6 is 11.3 Å². The lowest BCUT2D eigenvalue weighted by molar-refractivity contribution is 0.176. The molecule has 5 rings (SSSR count). The maximum atomic E-state index is 5.05. The molecule has 3 aromatic heterocycles. The zero-order valence-corrected chi connectivity index (χ0v) is 14.4. The van der Waals surface area contributed by atoms with Gasteiger partial charge in [-0.1, -0.05) is 19.3 Å². The summed E-state index contributed by atoms with van der Waals surface area (Å²) in [5, 5.41) is 2.16. The first-order valence-electron chi connectivity index (χ1n) is 8.74. The fourth-order valence-electron chi connectivity index (χ4n) is 4.36. The highest BCUT2D eigenvalue weighted by atomic mass is 32.1. The summed E-state index contributed by atoms with van der Waals surface area (Å²) in [5.41, 5.74) is 3.56. The Labute approximate surface area is 140 Å². The molecule has 1 aliphatic heterocycles. The number of aromatic nitrogens is 3. The van der Waals surface area contributed by atoms with Gasteiger partial charge in [-0.25, -0.2) is 4.98 Å². The minimum atomic E-state index is 0.587. The Bertz CT molecular complexity index is 853. The molecule has 0 radical (unpaired) electrons. The average molecular weight is 326 g/mol. The molecule has 0 amide bonds. The molecule has 4 heterocycles. The van der Waals surface area contributed by atoms with E-state index in [1.807, 2.05) is 17.5 Å². The lowest BCUT2D eigenvalue weighted by atomic mass is 9.93. The van der Waals surface area contributed by atoms with Gasteiger partial charge in [0.1, 0.15) is 11.3 Å². The zero-order chi connectivity index (χ0) is 15.4. The summed E-state index contributed by atoms with van der Waals surface area (Å²) < 4.78 is 3.94. The second kappa shape index (κ2) is 5.28. The summed E-state index contributed by atoms with van der Waals surface area (Å²) in [5.74, 6) is 1.90. The van der Waals surface area contributed by atoms with Crippen LogP contribution in [0.4, 0.5) is 0 Å². The number of hydrogen-bond donors (Lipinski definition) is 0. The first-order chi connectivity index (χ1) is 11.3. The quantitative estimate of drug-likeness (QED) is 0.708. The van der Waals surface area contributed by atoms with Gasteiger partial charge in [-0.3, -0.25) is 4.98 Å². The van der Waals surface area contributed by atoms with Crippen LogP contribution in [0.2, 0.25) is 0 Å². The van der Waals surface area contributed by atoms with Crippen molar-refractivity contribution in [1.82, 2.24) is 19.4 Å². The lowest BCUT2D eigenvalue weighted by Crippen LogP contribution is -2.43. The van der Waals surface area contributed by atoms with E-state index in [4.69, 9.17) is 4.98 Å². The Morgan fingerprint density at radius 1 is 1.13 bits per heavy atom. The number of hydrogen-bond acceptors (Lipinski definition) is 4. The number of pyridine rings is 1. The van der Waals surface area contributed by atoms with Crippen LogP contribution < -0.4 is 0 Å². The predicted octanol–water partition coefficient (Wildman–Crippen LogP) is 4.18. The molecule has 1 aliphatic carbocycles. The van der Waals surface area contributed by atoms with Crippen LogP contribution in [0.25, 0.3) is 21.3 Å². The van der Waals surface area contributed by atoms with Crippen LogP contribution in [0.5, 0.6) is 0 Å². The first-order valence-corrected chi connectivity index (χ1v) is 9.62. The van der Waals surface area contributed by atoms with Crippen molar-refractivity contribution in [2.45, 2.75) is 44.1 Å². The van der Waals surface area contributed by atoms with Gasteiger partial charge in [0.2, 0.25) is 0 Å². The Kier molecular flexibility index (Phi) is 3.20. The summed E-state index contributed by atoms with van der Waals surface area (Å²) in [6.07, 6.45) is 8.68. The van der Waals surface area contributed by atoms with Crippen molar-refractivity contribution in [3.63, 3.8) is 0 Å². The number of likely N-dealkylation sites (tertiary alicyclic amines) is 1. The summed E-state index contributed by atoms with van der Waals surface area (Å²) in [4.78, 5) is 12.0. The molecule has 0 bridgehead atoms. The summed E-state index contributed by atoms with van der Waals surface area (Å²) >= 11 is 1.81. The molecule has 5 heteroatoms. The van der Waals surface area contributed by atoms with Crippen molar-refractivity contribution in [2.75, 3.05) is 20.1 Å². The lowest BCUT2D eigenvalue weighted by Gasteiger charge is -2.37. The number of imidazole rings is 1. The number of fused-ring (bicyclic) bond motifs is 3. The van der Waals surface area contributed by atoms with E-state index < -0.39 is 0 Å². The van der Waals surface area contributed by atoms with Gasteiger partial charge in [-0.2, -0.15) is 0 Å². The molecular weight excluding hydrogens is 304 g/mol. The number of nitrogens with zero attached hydrogens (tertiary/aromatic N) is 4. The van der Waals surface area contributed by atoms with E-state index in [1.165, 1.54) is 48.1 Å². The van der Waals surface area contributed by atoms with Crippen LogP contribution in [-0.4, -0.2) is 39.6 Å². The van der Waals surface area contributed by atoms with Crippen molar-refractivity contribution in [3.8, 4) is 0 Å². The maximum absolute atomic E-state index is 5.05. The van der Waals surface area contributed by atoms with Crippen LogP contribution in [0.3, 0.4) is 0 Å². The van der Waals surface area contributed by atoms with Gasteiger partial charge in [-0.05, 0) is 31.3 Å². The Hall–Kier alpha value is -1.46. The Balaban J connectivity index is 1.74. The fraction of sp³-hybridized carbons (Fsp3) is 0.556. The summed E-state index contributed by atoms with van der Waals surface area (Å²) in [7, 11) is 2.20. The van der Waals surface area contributed by atoms with Crippen LogP contribution in [0.1, 0.15) is 49.9 Å². The molecule has 4 nitrogen and oxygen atoms in total. The molecule has 23 heavy (non-hydrogen) atoms. The summed E-state index contributed by atoms with van der Waals surface area (Å²) in [6, 6.07) is 2.76. The van der Waals surface area contributed by atoms with E-state index >= 15 is 0 Å². The fourth-order valence-corrected chi connectivity index (χ4v) is 5.24. The topological polar surface area (TPSA) is 34.0 Å². The van der Waals surface area contributed by atoms with E-state index in [0.717, 1.165) is 24.1 Å². The normalized spacial score (nSPS) is 21.3. The van der Waals surface area contributed by atoms with Gasteiger partial charge in [0.15, 0.2) is 0 Å². The van der Waals surface area contributed by atoms with E-state index in [0.29, 0.717) is 12.0 Å². The predicted molar refractivity (Wildman–Crippen MR) is 95.3 cm³/mol. The van der Waals surface area contributed by atoms with Gasteiger partial charge in [0.25, 0.3) is 0 Å². The molecule has 0 atom stereocenters. The smallest absolute Gasteiger partial charge is 0.115 e. The highest BCUT2D eigenvalue weighted by molar-refractivity contribution is 7.18. The highest BCUT2D eigenvalue weighted by Crippen LogP contribution is 2.39. The van der Waals surface area contributed by atoms with Gasteiger partial charge in [0.05, 0.1) is 21.9 Å². The Morgan fingerprint density at radius 3 is 2.74 bits per heavy atom. The average Bonchev–Trinajstić information content (AvgIpc) is 3.16. The minimum Gasteiger partial charge on any atom is -0.323 e. The minimum absolute atomic E-state index is 0.587. The molecule has 3 aromatic rings. The van der Waals surface area contributed by atoms with E-state index in [-0.39, 0.29) is 0 Å². The maximum Gasteiger partial charge on any atom is 0.115 e.